The number of imide groups is 1. The first kappa shape index (κ1) is 16.0. The zero-order chi connectivity index (χ0) is 16.4. The van der Waals surface area contributed by atoms with Crippen molar-refractivity contribution in [2.45, 2.75) is 45.3 Å². The summed E-state index contributed by atoms with van der Waals surface area (Å²) in [5.41, 5.74) is 1.32. The summed E-state index contributed by atoms with van der Waals surface area (Å²) in [4.78, 5) is 30.1. The van der Waals surface area contributed by atoms with E-state index in [1.54, 1.807) is 4.90 Å². The Kier molecular flexibility index (Phi) is 4.66. The number of piperidine rings is 1. The van der Waals surface area contributed by atoms with Gasteiger partial charge in [0.25, 0.3) is 5.91 Å². The van der Waals surface area contributed by atoms with Crippen LogP contribution in [-0.2, 0) is 11.3 Å². The smallest absolute Gasteiger partial charge is 0.312 e. The van der Waals surface area contributed by atoms with Gasteiger partial charge in [-0.15, -0.1) is 0 Å². The van der Waals surface area contributed by atoms with E-state index < -0.39 is 0 Å². The fraction of sp³-hybridized carbons (Fsp3) is 0.556. The van der Waals surface area contributed by atoms with Crippen molar-refractivity contribution < 1.29 is 9.59 Å². The Bertz CT molecular complexity index is 565. The van der Waals surface area contributed by atoms with Gasteiger partial charge in [-0.2, -0.15) is 0 Å². The standard InChI is InChI=1S/C18H25N3O2/c1-14(2)21-17(22)13-20(18(21)23)16-8-10-19(11-9-16)12-15-6-4-3-5-7-15/h3-7,14,16H,8-13H2,1-2H3. The molecule has 0 radical (unpaired) electrons. The molecule has 1 aromatic rings. The molecule has 5 nitrogen and oxygen atoms in total. The first-order valence-corrected chi connectivity index (χ1v) is 8.45. The van der Waals surface area contributed by atoms with Gasteiger partial charge in [0.1, 0.15) is 6.54 Å². The van der Waals surface area contributed by atoms with Crippen LogP contribution in [0, 0.1) is 0 Å². The number of amides is 3. The quantitative estimate of drug-likeness (QED) is 0.801. The fourth-order valence-corrected chi connectivity index (χ4v) is 3.56. The molecule has 0 spiro atoms. The minimum atomic E-state index is -0.105. The van der Waals surface area contributed by atoms with Crippen molar-refractivity contribution in [2.24, 2.45) is 0 Å². The van der Waals surface area contributed by atoms with Crippen molar-refractivity contribution in [3.63, 3.8) is 0 Å². The minimum Gasteiger partial charge on any atom is -0.312 e. The van der Waals surface area contributed by atoms with E-state index in [4.69, 9.17) is 0 Å². The number of nitrogens with zero attached hydrogens (tertiary/aromatic N) is 3. The maximum atomic E-state index is 12.4. The van der Waals surface area contributed by atoms with Gasteiger partial charge in [-0.25, -0.2) is 4.79 Å². The second-order valence-corrected chi connectivity index (χ2v) is 6.76. The van der Waals surface area contributed by atoms with Gasteiger partial charge in [0.2, 0.25) is 0 Å². The van der Waals surface area contributed by atoms with Crippen molar-refractivity contribution in [1.29, 1.82) is 0 Å². The van der Waals surface area contributed by atoms with Crippen LogP contribution in [0.25, 0.3) is 0 Å². The van der Waals surface area contributed by atoms with Crippen LogP contribution in [0.1, 0.15) is 32.3 Å². The third-order valence-electron chi connectivity index (χ3n) is 4.79. The van der Waals surface area contributed by atoms with Crippen molar-refractivity contribution in [2.75, 3.05) is 19.6 Å². The summed E-state index contributed by atoms with van der Waals surface area (Å²) >= 11 is 0. The van der Waals surface area contributed by atoms with Crippen molar-refractivity contribution in [1.82, 2.24) is 14.7 Å². The van der Waals surface area contributed by atoms with Crippen LogP contribution in [-0.4, -0.2) is 58.4 Å². The van der Waals surface area contributed by atoms with E-state index in [-0.39, 0.29) is 30.6 Å². The second kappa shape index (κ2) is 6.71. The Morgan fingerprint density at radius 1 is 1.09 bits per heavy atom. The molecule has 0 unspecified atom stereocenters. The van der Waals surface area contributed by atoms with Crippen LogP contribution in [0.2, 0.25) is 0 Å². The van der Waals surface area contributed by atoms with Crippen LogP contribution >= 0.6 is 0 Å². The predicted octanol–water partition coefficient (Wildman–Crippen LogP) is 2.32. The lowest BCUT2D eigenvalue weighted by molar-refractivity contribution is -0.126. The normalized spacial score (nSPS) is 20.8. The number of hydrogen-bond donors (Lipinski definition) is 0. The number of carbonyl (C=O) groups is 2. The van der Waals surface area contributed by atoms with Crippen molar-refractivity contribution >= 4 is 11.9 Å². The lowest BCUT2D eigenvalue weighted by Gasteiger charge is -2.36. The van der Waals surface area contributed by atoms with Gasteiger partial charge < -0.3 is 4.90 Å². The van der Waals surface area contributed by atoms with E-state index in [0.717, 1.165) is 32.5 Å². The molecule has 2 aliphatic rings. The Labute approximate surface area is 137 Å². The Morgan fingerprint density at radius 2 is 1.74 bits per heavy atom. The molecular weight excluding hydrogens is 290 g/mol. The zero-order valence-corrected chi connectivity index (χ0v) is 13.9. The van der Waals surface area contributed by atoms with Crippen LogP contribution in [0.3, 0.4) is 0 Å². The number of hydrogen-bond acceptors (Lipinski definition) is 3. The van der Waals surface area contributed by atoms with Gasteiger partial charge in [-0.3, -0.25) is 14.6 Å². The monoisotopic (exact) mass is 315 g/mol. The summed E-state index contributed by atoms with van der Waals surface area (Å²) in [7, 11) is 0. The second-order valence-electron chi connectivity index (χ2n) is 6.76. The highest BCUT2D eigenvalue weighted by atomic mass is 16.2. The fourth-order valence-electron chi connectivity index (χ4n) is 3.56. The highest BCUT2D eigenvalue weighted by Gasteiger charge is 2.41. The summed E-state index contributed by atoms with van der Waals surface area (Å²) in [6.45, 7) is 6.93. The molecule has 3 amide bonds. The van der Waals surface area contributed by atoms with E-state index >= 15 is 0 Å². The first-order valence-electron chi connectivity index (χ1n) is 8.45. The first-order chi connectivity index (χ1) is 11.1. The van der Waals surface area contributed by atoms with Crippen LogP contribution in [0.15, 0.2) is 30.3 Å². The van der Waals surface area contributed by atoms with Gasteiger partial charge in [-0.05, 0) is 32.3 Å². The summed E-state index contributed by atoms with van der Waals surface area (Å²) < 4.78 is 0. The number of urea groups is 1. The summed E-state index contributed by atoms with van der Waals surface area (Å²) in [6.07, 6.45) is 1.88. The van der Waals surface area contributed by atoms with E-state index in [1.165, 1.54) is 10.5 Å². The SMILES string of the molecule is CC(C)N1C(=O)CN(C2CCN(Cc3ccccc3)CC2)C1=O. The molecule has 2 heterocycles. The summed E-state index contributed by atoms with van der Waals surface area (Å²) in [5.74, 6) is -0.0586. The maximum absolute atomic E-state index is 12.4. The molecule has 124 valence electrons. The molecule has 0 aliphatic carbocycles. The van der Waals surface area contributed by atoms with Crippen LogP contribution < -0.4 is 0 Å². The van der Waals surface area contributed by atoms with E-state index in [9.17, 15) is 9.59 Å². The Balaban J connectivity index is 1.55. The molecule has 2 aliphatic heterocycles. The van der Waals surface area contributed by atoms with Gasteiger partial charge >= 0.3 is 6.03 Å². The third-order valence-corrected chi connectivity index (χ3v) is 4.79. The number of carbonyl (C=O) groups excluding carboxylic acids is 2. The lowest BCUT2D eigenvalue weighted by Crippen LogP contribution is -2.47. The van der Waals surface area contributed by atoms with E-state index in [0.29, 0.717) is 0 Å². The topological polar surface area (TPSA) is 43.9 Å². The highest BCUT2D eigenvalue weighted by molar-refractivity contribution is 6.02. The van der Waals surface area contributed by atoms with Crippen LogP contribution in [0.4, 0.5) is 4.79 Å². The molecule has 0 N–H and O–H groups in total. The molecule has 5 heteroatoms. The lowest BCUT2D eigenvalue weighted by atomic mass is 10.0. The highest BCUT2D eigenvalue weighted by Crippen LogP contribution is 2.24. The van der Waals surface area contributed by atoms with Gasteiger partial charge in [0.05, 0.1) is 0 Å². The summed E-state index contributed by atoms with van der Waals surface area (Å²) in [5, 5.41) is 0. The third kappa shape index (κ3) is 3.39. The molecule has 2 fully saturated rings. The molecule has 0 bridgehead atoms. The van der Waals surface area contributed by atoms with Gasteiger partial charge in [-0.1, -0.05) is 30.3 Å². The average molecular weight is 315 g/mol. The number of benzene rings is 1. The maximum Gasteiger partial charge on any atom is 0.327 e. The summed E-state index contributed by atoms with van der Waals surface area (Å²) in [6, 6.07) is 10.5. The van der Waals surface area contributed by atoms with E-state index in [1.807, 2.05) is 19.9 Å². The Hall–Kier alpha value is -1.88. The largest absolute Gasteiger partial charge is 0.327 e. The van der Waals surface area contributed by atoms with Gasteiger partial charge in [0.15, 0.2) is 0 Å². The predicted molar refractivity (Wildman–Crippen MR) is 88.8 cm³/mol. The molecule has 0 aromatic heterocycles. The van der Waals surface area contributed by atoms with Crippen molar-refractivity contribution in [3.8, 4) is 0 Å². The number of rotatable bonds is 4. The molecule has 0 saturated carbocycles. The molecule has 2 saturated heterocycles. The number of likely N-dealkylation sites (tertiary alicyclic amines) is 1. The van der Waals surface area contributed by atoms with Crippen molar-refractivity contribution in [3.05, 3.63) is 35.9 Å². The minimum absolute atomic E-state index is 0.0573. The molecule has 0 atom stereocenters. The molecule has 1 aromatic carbocycles. The van der Waals surface area contributed by atoms with Gasteiger partial charge in [0, 0.05) is 31.7 Å². The molecule has 3 rings (SSSR count). The Morgan fingerprint density at radius 3 is 2.30 bits per heavy atom. The zero-order valence-electron chi connectivity index (χ0n) is 13.9. The average Bonchev–Trinajstić information content (AvgIpc) is 2.84. The molecule has 23 heavy (non-hydrogen) atoms. The van der Waals surface area contributed by atoms with E-state index in [2.05, 4.69) is 29.2 Å². The van der Waals surface area contributed by atoms with Crippen LogP contribution in [0.5, 0.6) is 0 Å². The molecular formula is C18H25N3O2.